The first-order chi connectivity index (χ1) is 15.7. The van der Waals surface area contributed by atoms with Gasteiger partial charge in [-0.3, -0.25) is 0 Å². The van der Waals surface area contributed by atoms with Crippen molar-refractivity contribution in [1.29, 1.82) is 0 Å². The van der Waals surface area contributed by atoms with Crippen LogP contribution in [0.3, 0.4) is 0 Å². The Morgan fingerprint density at radius 1 is 0.438 bits per heavy atom. The summed E-state index contributed by atoms with van der Waals surface area (Å²) in [4.78, 5) is 0. The molecule has 0 N–H and O–H groups in total. The predicted octanol–water partition coefficient (Wildman–Crippen LogP) is 7.84. The van der Waals surface area contributed by atoms with Crippen molar-refractivity contribution in [3.8, 4) is 0 Å². The molecule has 0 spiro atoms. The summed E-state index contributed by atoms with van der Waals surface area (Å²) in [6.07, 6.45) is 14.8. The summed E-state index contributed by atoms with van der Waals surface area (Å²) in [7, 11) is 0. The molecule has 8 fully saturated rings. The molecule has 0 saturated heterocycles. The summed E-state index contributed by atoms with van der Waals surface area (Å²) in [5.41, 5.74) is 8.04. The van der Waals surface area contributed by atoms with Gasteiger partial charge in [-0.2, -0.15) is 0 Å². The molecule has 2 aromatic carbocycles. The molecule has 4 unspecified atom stereocenters. The fourth-order valence-electron chi connectivity index (χ4n) is 10.9. The quantitative estimate of drug-likeness (QED) is 0.434. The Morgan fingerprint density at radius 2 is 0.781 bits per heavy atom. The van der Waals surface area contributed by atoms with E-state index in [1.54, 1.807) is 11.1 Å². The van der Waals surface area contributed by atoms with Gasteiger partial charge in [0.1, 0.15) is 0 Å². The van der Waals surface area contributed by atoms with Crippen LogP contribution >= 0.6 is 0 Å². The maximum atomic E-state index is 2.50. The second-order valence-corrected chi connectivity index (χ2v) is 12.8. The third kappa shape index (κ3) is 2.35. The topological polar surface area (TPSA) is 0 Å². The van der Waals surface area contributed by atoms with Crippen LogP contribution in [-0.4, -0.2) is 0 Å². The molecule has 0 amide bonds. The van der Waals surface area contributed by atoms with Gasteiger partial charge in [0.2, 0.25) is 0 Å². The van der Waals surface area contributed by atoms with Crippen LogP contribution in [0.4, 0.5) is 0 Å². The molecule has 10 rings (SSSR count). The van der Waals surface area contributed by atoms with Crippen LogP contribution < -0.4 is 0 Å². The van der Waals surface area contributed by atoms with E-state index in [2.05, 4.69) is 60.7 Å². The van der Waals surface area contributed by atoms with Crippen molar-refractivity contribution in [2.24, 2.45) is 35.5 Å². The highest BCUT2D eigenvalue weighted by Crippen LogP contribution is 2.70. The van der Waals surface area contributed by atoms with E-state index in [0.29, 0.717) is 10.8 Å². The van der Waals surface area contributed by atoms with Crippen LogP contribution in [0, 0.1) is 35.5 Å². The fraction of sp³-hybridized carbons (Fsp3) is 0.562. The molecule has 0 heterocycles. The number of benzene rings is 2. The van der Waals surface area contributed by atoms with Crippen LogP contribution in [0.5, 0.6) is 0 Å². The van der Waals surface area contributed by atoms with Gasteiger partial charge in [-0.05, 0) is 111 Å². The van der Waals surface area contributed by atoms with Gasteiger partial charge in [0.25, 0.3) is 0 Å². The van der Waals surface area contributed by atoms with Crippen molar-refractivity contribution in [3.05, 3.63) is 82.9 Å². The highest BCUT2D eigenvalue weighted by molar-refractivity contribution is 5.53. The summed E-state index contributed by atoms with van der Waals surface area (Å²) < 4.78 is 0. The number of rotatable bonds is 2. The van der Waals surface area contributed by atoms with E-state index in [1.165, 1.54) is 64.2 Å². The maximum absolute atomic E-state index is 2.50. The molecule has 8 saturated carbocycles. The number of hydrogen-bond donors (Lipinski definition) is 0. The van der Waals surface area contributed by atoms with Crippen molar-refractivity contribution in [3.63, 3.8) is 0 Å². The van der Waals surface area contributed by atoms with E-state index in [-0.39, 0.29) is 0 Å². The van der Waals surface area contributed by atoms with E-state index in [0.717, 1.165) is 35.5 Å². The van der Waals surface area contributed by atoms with Crippen molar-refractivity contribution < 1.29 is 0 Å². The lowest BCUT2D eigenvalue weighted by atomic mass is 9.39. The van der Waals surface area contributed by atoms with E-state index >= 15 is 0 Å². The lowest BCUT2D eigenvalue weighted by molar-refractivity contribution is 0.0173. The zero-order valence-electron chi connectivity index (χ0n) is 19.3. The third-order valence-electron chi connectivity index (χ3n) is 11.1. The van der Waals surface area contributed by atoms with Gasteiger partial charge in [-0.15, -0.1) is 0 Å². The molecule has 8 atom stereocenters. The molecule has 8 aliphatic carbocycles. The minimum atomic E-state index is 0.350. The van der Waals surface area contributed by atoms with Crippen molar-refractivity contribution in [1.82, 2.24) is 0 Å². The molecule has 164 valence electrons. The zero-order chi connectivity index (χ0) is 20.9. The summed E-state index contributed by atoms with van der Waals surface area (Å²) in [5.74, 6) is 5.63. The minimum Gasteiger partial charge on any atom is -0.0622 e. The molecule has 0 heteroatoms. The SMILES string of the molecule is c1ccc(C23C[C@@H]4CC(C[C@@H](C4)C2)/C3=C2/C3C[C@@H]4C[C@H](C3)CC2(c2ccccc2)C4)cc1. The highest BCUT2D eigenvalue weighted by Gasteiger charge is 2.61. The van der Waals surface area contributed by atoms with E-state index in [9.17, 15) is 0 Å². The largest absolute Gasteiger partial charge is 0.0622 e. The molecule has 0 radical (unpaired) electrons. The Morgan fingerprint density at radius 3 is 1.12 bits per heavy atom. The standard InChI is InChI=1S/C32H36/c1-3-7-27(8-4-1)31-17-21-11-22(18-31)14-25(13-21)29(31)30-26-15-23-12-24(16-26)20-32(30,19-23)28-9-5-2-6-10-28/h1-10,21-26H,11-20H2/b30-29+/t21-,22+,23-,24+,25?,26?,31?,32?. The Hall–Kier alpha value is -1.82. The molecule has 0 nitrogen and oxygen atoms in total. The van der Waals surface area contributed by atoms with Crippen LogP contribution in [0.15, 0.2) is 71.8 Å². The van der Waals surface area contributed by atoms with Gasteiger partial charge in [0.15, 0.2) is 0 Å². The molecule has 8 bridgehead atoms. The summed E-state index contributed by atoms with van der Waals surface area (Å²) in [6, 6.07) is 23.7. The van der Waals surface area contributed by atoms with Gasteiger partial charge < -0.3 is 0 Å². The van der Waals surface area contributed by atoms with Gasteiger partial charge in [-0.25, -0.2) is 0 Å². The summed E-state index contributed by atoms with van der Waals surface area (Å²) in [6.45, 7) is 0. The molecule has 0 aromatic heterocycles. The van der Waals surface area contributed by atoms with Crippen LogP contribution in [-0.2, 0) is 10.8 Å². The second kappa shape index (κ2) is 6.40. The molecular formula is C32H36. The second-order valence-electron chi connectivity index (χ2n) is 12.8. The monoisotopic (exact) mass is 420 g/mol. The van der Waals surface area contributed by atoms with Crippen molar-refractivity contribution in [2.75, 3.05) is 0 Å². The predicted molar refractivity (Wildman–Crippen MR) is 130 cm³/mol. The van der Waals surface area contributed by atoms with Crippen molar-refractivity contribution >= 4 is 0 Å². The van der Waals surface area contributed by atoms with Gasteiger partial charge in [0, 0.05) is 10.8 Å². The van der Waals surface area contributed by atoms with Gasteiger partial charge >= 0.3 is 0 Å². The maximum Gasteiger partial charge on any atom is 0.0173 e. The van der Waals surface area contributed by atoms with Gasteiger partial charge in [0.05, 0.1) is 0 Å². The van der Waals surface area contributed by atoms with Crippen LogP contribution in [0.25, 0.3) is 0 Å². The molecule has 32 heavy (non-hydrogen) atoms. The first-order valence-electron chi connectivity index (χ1n) is 13.6. The number of allylic oxidation sites excluding steroid dienone is 2. The normalized spacial score (nSPS) is 47.9. The van der Waals surface area contributed by atoms with E-state index < -0.39 is 0 Å². The Bertz CT molecular complexity index is 960. The molecule has 0 aliphatic heterocycles. The Balaban J connectivity index is 1.41. The fourth-order valence-corrected chi connectivity index (χ4v) is 10.9. The molecular weight excluding hydrogens is 384 g/mol. The smallest absolute Gasteiger partial charge is 0.0173 e. The molecule has 2 aromatic rings. The lowest BCUT2D eigenvalue weighted by Crippen LogP contribution is -2.56. The minimum absolute atomic E-state index is 0.350. The number of hydrogen-bond acceptors (Lipinski definition) is 0. The summed E-state index contributed by atoms with van der Waals surface area (Å²) in [5, 5.41) is 0. The zero-order valence-corrected chi connectivity index (χ0v) is 19.3. The van der Waals surface area contributed by atoms with Crippen molar-refractivity contribution in [2.45, 2.75) is 75.0 Å². The molecule has 8 aliphatic rings. The highest BCUT2D eigenvalue weighted by atomic mass is 14.7. The van der Waals surface area contributed by atoms with Gasteiger partial charge in [-0.1, -0.05) is 71.8 Å². The average Bonchev–Trinajstić information content (AvgIpc) is 2.81. The lowest BCUT2D eigenvalue weighted by Gasteiger charge is -2.65. The summed E-state index contributed by atoms with van der Waals surface area (Å²) >= 11 is 0. The third-order valence-corrected chi connectivity index (χ3v) is 11.1. The first kappa shape index (κ1) is 18.6. The van der Waals surface area contributed by atoms with Crippen LogP contribution in [0.1, 0.15) is 75.3 Å². The van der Waals surface area contributed by atoms with E-state index in [1.807, 2.05) is 11.1 Å². The Labute approximate surface area is 193 Å². The van der Waals surface area contributed by atoms with Crippen LogP contribution in [0.2, 0.25) is 0 Å². The average molecular weight is 421 g/mol. The first-order valence-corrected chi connectivity index (χ1v) is 13.6. The Kier molecular flexibility index (Phi) is 3.72. The van der Waals surface area contributed by atoms with E-state index in [4.69, 9.17) is 0 Å².